The van der Waals surface area contributed by atoms with E-state index in [1.807, 2.05) is 0 Å². The van der Waals surface area contributed by atoms with Crippen LogP contribution in [0.2, 0.25) is 6.04 Å². The van der Waals surface area contributed by atoms with E-state index in [0.717, 1.165) is 12.5 Å². The number of aryl methyl sites for hydroxylation is 1. The largest absolute Gasteiger partial charge is 0.500 e. The highest BCUT2D eigenvalue weighted by atomic mass is 28.4. The molecule has 0 N–H and O–H groups in total. The van der Waals surface area contributed by atoms with Crippen LogP contribution in [0.1, 0.15) is 77.0 Å². The van der Waals surface area contributed by atoms with Crippen LogP contribution in [0.5, 0.6) is 0 Å². The maximum atomic E-state index is 5.46. The zero-order valence-electron chi connectivity index (χ0n) is 17.4. The van der Waals surface area contributed by atoms with Gasteiger partial charge in [-0.05, 0) is 25.0 Å². The van der Waals surface area contributed by atoms with Crippen LogP contribution in [0.4, 0.5) is 0 Å². The van der Waals surface area contributed by atoms with Crippen molar-refractivity contribution in [2.45, 2.75) is 89.6 Å². The minimum Gasteiger partial charge on any atom is -0.377 e. The summed E-state index contributed by atoms with van der Waals surface area (Å²) in [6.45, 7) is 1.18. The topological polar surface area (TPSA) is 32.6 Å². The average Bonchev–Trinajstić information content (AvgIpc) is 3.19. The molecule has 152 valence electrons. The van der Waals surface area contributed by atoms with E-state index < -0.39 is 8.80 Å². The first-order chi connectivity index (χ1) is 12.8. The van der Waals surface area contributed by atoms with Crippen LogP contribution in [0.3, 0.4) is 0 Å². The predicted molar refractivity (Wildman–Crippen MR) is 111 cm³/mol. The Hall–Kier alpha value is -0.623. The molecule has 5 heteroatoms. The van der Waals surface area contributed by atoms with Gasteiger partial charge in [-0.15, -0.1) is 0 Å². The van der Waals surface area contributed by atoms with Gasteiger partial charge in [-0.2, -0.15) is 0 Å². The van der Waals surface area contributed by atoms with Crippen molar-refractivity contribution in [3.8, 4) is 0 Å². The summed E-state index contributed by atoms with van der Waals surface area (Å²) in [7, 11) is 2.75. The molecule has 0 atom stereocenters. The molecule has 1 heterocycles. The molecule has 1 aromatic rings. The van der Waals surface area contributed by atoms with Gasteiger partial charge in [0.05, 0.1) is 0 Å². The Morgan fingerprint density at radius 2 is 0.962 bits per heavy atom. The lowest BCUT2D eigenvalue weighted by atomic mass is 10.1. The first-order valence-corrected chi connectivity index (χ1v) is 12.5. The van der Waals surface area contributed by atoms with Crippen LogP contribution in [-0.2, 0) is 19.8 Å². The Labute approximate surface area is 162 Å². The molecule has 1 aromatic heterocycles. The van der Waals surface area contributed by atoms with Crippen molar-refractivity contribution in [2.24, 2.45) is 0 Å². The summed E-state index contributed by atoms with van der Waals surface area (Å²) < 4.78 is 18.6. The van der Waals surface area contributed by atoms with Gasteiger partial charge in [0.1, 0.15) is 0 Å². The van der Waals surface area contributed by atoms with Crippen molar-refractivity contribution in [1.82, 2.24) is 4.57 Å². The molecule has 4 nitrogen and oxygen atoms in total. The van der Waals surface area contributed by atoms with Gasteiger partial charge in [0.2, 0.25) is 0 Å². The number of rotatable bonds is 18. The van der Waals surface area contributed by atoms with Gasteiger partial charge < -0.3 is 17.8 Å². The fraction of sp³-hybridized carbons (Fsp3) is 0.810. The van der Waals surface area contributed by atoms with Gasteiger partial charge in [-0.1, -0.05) is 64.2 Å². The standard InChI is InChI=1S/C21H41NO3Si/c1-23-26(24-2,25-3)21-17-13-11-9-7-5-4-6-8-10-12-14-18-22-19-15-16-20-22/h15-16,19-20H,4-14,17-18,21H2,1-3H3. The monoisotopic (exact) mass is 383 g/mol. The Morgan fingerprint density at radius 3 is 1.38 bits per heavy atom. The highest BCUT2D eigenvalue weighted by Crippen LogP contribution is 2.18. The number of aromatic nitrogens is 1. The van der Waals surface area contributed by atoms with E-state index in [1.54, 1.807) is 21.3 Å². The van der Waals surface area contributed by atoms with Crippen LogP contribution in [0.15, 0.2) is 24.5 Å². The smallest absolute Gasteiger partial charge is 0.377 e. The zero-order valence-corrected chi connectivity index (χ0v) is 18.4. The Balaban J connectivity index is 1.79. The Bertz CT molecular complexity index is 399. The van der Waals surface area contributed by atoms with Crippen molar-refractivity contribution in [3.05, 3.63) is 24.5 Å². The number of hydrogen-bond acceptors (Lipinski definition) is 3. The molecule has 0 amide bonds. The number of nitrogens with zero attached hydrogens (tertiary/aromatic N) is 1. The van der Waals surface area contributed by atoms with Gasteiger partial charge in [0.15, 0.2) is 0 Å². The molecule has 0 spiro atoms. The highest BCUT2D eigenvalue weighted by Gasteiger charge is 2.36. The molecule has 0 bridgehead atoms. The van der Waals surface area contributed by atoms with Crippen LogP contribution in [0, 0.1) is 0 Å². The summed E-state index contributed by atoms with van der Waals surface area (Å²) in [6.07, 6.45) is 20.5. The maximum Gasteiger partial charge on any atom is 0.500 e. The van der Waals surface area contributed by atoms with Crippen molar-refractivity contribution < 1.29 is 13.3 Å². The lowest BCUT2D eigenvalue weighted by Crippen LogP contribution is -2.42. The van der Waals surface area contributed by atoms with E-state index in [1.165, 1.54) is 77.2 Å². The number of unbranched alkanes of at least 4 members (excludes halogenated alkanes) is 11. The molecule has 0 radical (unpaired) electrons. The first kappa shape index (κ1) is 23.4. The predicted octanol–water partition coefficient (Wildman–Crippen LogP) is 6.05. The van der Waals surface area contributed by atoms with E-state index in [4.69, 9.17) is 13.3 Å². The molecule has 1 rings (SSSR count). The van der Waals surface area contributed by atoms with Gasteiger partial charge >= 0.3 is 8.80 Å². The lowest BCUT2D eigenvalue weighted by Gasteiger charge is -2.24. The molecule has 0 aliphatic heterocycles. The molecule has 0 saturated heterocycles. The second-order valence-corrected chi connectivity index (χ2v) is 10.3. The highest BCUT2D eigenvalue weighted by molar-refractivity contribution is 6.60. The van der Waals surface area contributed by atoms with E-state index in [2.05, 4.69) is 29.1 Å². The van der Waals surface area contributed by atoms with Crippen LogP contribution >= 0.6 is 0 Å². The van der Waals surface area contributed by atoms with Gasteiger partial charge in [-0.3, -0.25) is 0 Å². The second kappa shape index (κ2) is 15.4. The third-order valence-electron chi connectivity index (χ3n) is 5.25. The molecule has 0 unspecified atom stereocenters. The molecule has 26 heavy (non-hydrogen) atoms. The second-order valence-electron chi connectivity index (χ2n) is 7.21. The first-order valence-electron chi connectivity index (χ1n) is 10.5. The fourth-order valence-electron chi connectivity index (χ4n) is 3.48. The Kier molecular flexibility index (Phi) is 13.9. The van der Waals surface area contributed by atoms with Crippen molar-refractivity contribution in [1.29, 1.82) is 0 Å². The molecule has 0 aliphatic carbocycles. The van der Waals surface area contributed by atoms with Crippen LogP contribution in [0.25, 0.3) is 0 Å². The van der Waals surface area contributed by atoms with Crippen molar-refractivity contribution >= 4 is 8.80 Å². The third kappa shape index (κ3) is 10.5. The summed E-state index contributed by atoms with van der Waals surface area (Å²) in [5.41, 5.74) is 0. The van der Waals surface area contributed by atoms with E-state index in [-0.39, 0.29) is 0 Å². The molecule has 0 aliphatic rings. The quantitative estimate of drug-likeness (QED) is 0.228. The van der Waals surface area contributed by atoms with Crippen molar-refractivity contribution in [3.63, 3.8) is 0 Å². The van der Waals surface area contributed by atoms with Gasteiger partial charge in [0.25, 0.3) is 0 Å². The normalized spacial score (nSPS) is 12.0. The molecular formula is C21H41NO3Si. The minimum atomic E-state index is -2.33. The SMILES string of the molecule is CO[Si](CCCCCCCCCCCCCCn1cccc1)(OC)OC. The molecule has 0 saturated carbocycles. The maximum absolute atomic E-state index is 5.46. The summed E-state index contributed by atoms with van der Waals surface area (Å²) in [4.78, 5) is 0. The average molecular weight is 384 g/mol. The van der Waals surface area contributed by atoms with Crippen molar-refractivity contribution in [2.75, 3.05) is 21.3 Å². The third-order valence-corrected chi connectivity index (χ3v) is 8.08. The summed E-state index contributed by atoms with van der Waals surface area (Å²) in [6, 6.07) is 5.14. The van der Waals surface area contributed by atoms with Gasteiger partial charge in [-0.25, -0.2) is 0 Å². The number of hydrogen-bond donors (Lipinski definition) is 0. The fourth-order valence-corrected chi connectivity index (χ4v) is 5.27. The van der Waals surface area contributed by atoms with Gasteiger partial charge in [0, 0.05) is 46.3 Å². The van der Waals surface area contributed by atoms with Crippen LogP contribution in [-0.4, -0.2) is 34.7 Å². The van der Waals surface area contributed by atoms with E-state index in [9.17, 15) is 0 Å². The van der Waals surface area contributed by atoms with Crippen LogP contribution < -0.4 is 0 Å². The minimum absolute atomic E-state index is 0.931. The lowest BCUT2D eigenvalue weighted by molar-refractivity contribution is 0.122. The molecular weight excluding hydrogens is 342 g/mol. The summed E-state index contributed by atoms with van der Waals surface area (Å²) in [5.74, 6) is 0. The molecule has 0 fully saturated rings. The summed E-state index contributed by atoms with van der Waals surface area (Å²) >= 11 is 0. The van der Waals surface area contributed by atoms with E-state index >= 15 is 0 Å². The Morgan fingerprint density at radius 1 is 0.577 bits per heavy atom. The zero-order chi connectivity index (χ0) is 18.9. The van der Waals surface area contributed by atoms with E-state index in [0.29, 0.717) is 0 Å². The molecule has 0 aromatic carbocycles. The summed E-state index contributed by atoms with van der Waals surface area (Å²) in [5, 5.41) is 0.